The summed E-state index contributed by atoms with van der Waals surface area (Å²) in [6.07, 6.45) is 2.78. The van der Waals surface area contributed by atoms with Crippen molar-refractivity contribution in [3.05, 3.63) is 95.1 Å². The van der Waals surface area contributed by atoms with Gasteiger partial charge in [-0.25, -0.2) is 0 Å². The van der Waals surface area contributed by atoms with Gasteiger partial charge in [0.05, 0.1) is 13.5 Å². The minimum atomic E-state index is -0.156. The smallest absolute Gasteiger partial charge is 0.306 e. The van der Waals surface area contributed by atoms with E-state index in [9.17, 15) is 4.79 Å². The maximum atomic E-state index is 11.8. The Balaban J connectivity index is 1.29. The Labute approximate surface area is 212 Å². The molecule has 1 atom stereocenters. The molecule has 4 rings (SSSR count). The van der Waals surface area contributed by atoms with Crippen molar-refractivity contribution in [1.29, 1.82) is 0 Å². The number of benzene rings is 3. The highest BCUT2D eigenvalue weighted by atomic mass is 16.6. The van der Waals surface area contributed by atoms with Gasteiger partial charge in [0.1, 0.15) is 37.5 Å². The molecule has 0 amide bonds. The minimum Gasteiger partial charge on any atom is -0.489 e. The lowest BCUT2D eigenvalue weighted by Crippen LogP contribution is -2.13. The maximum Gasteiger partial charge on any atom is 0.306 e. The second kappa shape index (κ2) is 12.2. The van der Waals surface area contributed by atoms with Crippen LogP contribution in [0.15, 0.2) is 78.0 Å². The van der Waals surface area contributed by atoms with Crippen molar-refractivity contribution >= 4 is 11.7 Å². The largest absolute Gasteiger partial charge is 0.489 e. The van der Waals surface area contributed by atoms with E-state index in [1.807, 2.05) is 61.5 Å². The van der Waals surface area contributed by atoms with Crippen LogP contribution in [0.3, 0.4) is 0 Å². The number of oxime groups is 1. The van der Waals surface area contributed by atoms with Crippen molar-refractivity contribution in [3.63, 3.8) is 0 Å². The standard InChI is InChI=1S/C30H33NO5/c1-21-5-4-6-25(17-21)29(31-34-3)20-36-26-13-7-22(8-14-26)19-35-27-15-11-24(12-16-27)28(23-9-10-23)18-30(32)33-2/h4-8,11-17,23,28H,9-10,18-20H2,1-3H3. The maximum absolute atomic E-state index is 11.8. The van der Waals surface area contributed by atoms with Crippen LogP contribution in [-0.4, -0.2) is 32.5 Å². The highest BCUT2D eigenvalue weighted by Crippen LogP contribution is 2.44. The predicted molar refractivity (Wildman–Crippen MR) is 140 cm³/mol. The number of methoxy groups -OCH3 is 1. The summed E-state index contributed by atoms with van der Waals surface area (Å²) < 4.78 is 16.8. The second-order valence-corrected chi connectivity index (χ2v) is 9.10. The van der Waals surface area contributed by atoms with E-state index in [2.05, 4.69) is 23.4 Å². The van der Waals surface area contributed by atoms with Gasteiger partial charge in [-0.05, 0) is 73.1 Å². The number of aryl methyl sites for hydroxylation is 1. The minimum absolute atomic E-state index is 0.156. The number of hydrogen-bond donors (Lipinski definition) is 0. The van der Waals surface area contributed by atoms with Crippen LogP contribution >= 0.6 is 0 Å². The zero-order valence-corrected chi connectivity index (χ0v) is 21.1. The Morgan fingerprint density at radius 3 is 2.28 bits per heavy atom. The topological polar surface area (TPSA) is 66.3 Å². The van der Waals surface area contributed by atoms with Crippen LogP contribution in [0.1, 0.15) is 47.4 Å². The molecule has 6 nitrogen and oxygen atoms in total. The molecule has 0 radical (unpaired) electrons. The third kappa shape index (κ3) is 7.11. The molecule has 188 valence electrons. The molecule has 0 aromatic heterocycles. The summed E-state index contributed by atoms with van der Waals surface area (Å²) in [5, 5.41) is 4.13. The first-order chi connectivity index (χ1) is 17.6. The monoisotopic (exact) mass is 487 g/mol. The van der Waals surface area contributed by atoms with E-state index in [-0.39, 0.29) is 11.9 Å². The van der Waals surface area contributed by atoms with Crippen LogP contribution in [0.4, 0.5) is 0 Å². The summed E-state index contributed by atoms with van der Waals surface area (Å²) in [5.41, 5.74) is 5.06. The van der Waals surface area contributed by atoms with Crippen LogP contribution in [0.25, 0.3) is 0 Å². The summed E-state index contributed by atoms with van der Waals surface area (Å²) in [7, 11) is 2.98. The first-order valence-corrected chi connectivity index (χ1v) is 12.2. The molecule has 1 saturated carbocycles. The lowest BCUT2D eigenvalue weighted by atomic mass is 9.91. The van der Waals surface area contributed by atoms with Crippen LogP contribution < -0.4 is 9.47 Å². The summed E-state index contributed by atoms with van der Waals surface area (Å²) in [4.78, 5) is 16.8. The zero-order chi connectivity index (χ0) is 25.3. The number of rotatable bonds is 12. The SMILES string of the molecule is CON=C(COc1ccc(COc2ccc(C(CC(=O)OC)C3CC3)cc2)cc1)c1cccc(C)c1. The molecule has 0 N–H and O–H groups in total. The predicted octanol–water partition coefficient (Wildman–Crippen LogP) is 6.06. The number of carbonyl (C=O) groups is 1. The molecular formula is C30H33NO5. The normalized spacial score (nSPS) is 14.1. The molecule has 0 saturated heterocycles. The first-order valence-electron chi connectivity index (χ1n) is 12.2. The highest BCUT2D eigenvalue weighted by Gasteiger charge is 2.33. The van der Waals surface area contributed by atoms with Gasteiger partial charge < -0.3 is 19.0 Å². The van der Waals surface area contributed by atoms with Crippen molar-refractivity contribution < 1.29 is 23.8 Å². The van der Waals surface area contributed by atoms with Crippen LogP contribution in [0, 0.1) is 12.8 Å². The molecule has 1 aliphatic carbocycles. The Hall–Kier alpha value is -3.80. The third-order valence-corrected chi connectivity index (χ3v) is 6.37. The third-order valence-electron chi connectivity index (χ3n) is 6.37. The molecule has 0 spiro atoms. The molecule has 6 heteroatoms. The van der Waals surface area contributed by atoms with Crippen LogP contribution in [0.2, 0.25) is 0 Å². The average molecular weight is 488 g/mol. The molecule has 36 heavy (non-hydrogen) atoms. The Morgan fingerprint density at radius 2 is 1.64 bits per heavy atom. The van der Waals surface area contributed by atoms with E-state index in [1.165, 1.54) is 32.6 Å². The van der Waals surface area contributed by atoms with E-state index in [0.29, 0.717) is 25.6 Å². The van der Waals surface area contributed by atoms with Crippen molar-refractivity contribution in [3.8, 4) is 11.5 Å². The van der Waals surface area contributed by atoms with E-state index >= 15 is 0 Å². The Morgan fingerprint density at radius 1 is 0.944 bits per heavy atom. The van der Waals surface area contributed by atoms with Gasteiger partial charge in [-0.2, -0.15) is 0 Å². The zero-order valence-electron chi connectivity index (χ0n) is 21.1. The molecule has 1 fully saturated rings. The number of carbonyl (C=O) groups excluding carboxylic acids is 1. The molecule has 1 aliphatic rings. The van der Waals surface area contributed by atoms with Crippen molar-refractivity contribution in [2.75, 3.05) is 20.8 Å². The first kappa shape index (κ1) is 25.3. The lowest BCUT2D eigenvalue weighted by molar-refractivity contribution is -0.141. The average Bonchev–Trinajstić information content (AvgIpc) is 3.75. The summed E-state index contributed by atoms with van der Waals surface area (Å²) >= 11 is 0. The van der Waals surface area contributed by atoms with E-state index in [4.69, 9.17) is 19.0 Å². The highest BCUT2D eigenvalue weighted by molar-refractivity contribution is 6.01. The molecule has 3 aromatic rings. The van der Waals surface area contributed by atoms with E-state index < -0.39 is 0 Å². The van der Waals surface area contributed by atoms with Crippen molar-refractivity contribution in [1.82, 2.24) is 0 Å². The van der Waals surface area contributed by atoms with Gasteiger partial charge in [-0.15, -0.1) is 0 Å². The van der Waals surface area contributed by atoms with Gasteiger partial charge >= 0.3 is 5.97 Å². The molecule has 0 heterocycles. The Bertz CT molecular complexity index is 1170. The number of ether oxygens (including phenoxy) is 3. The molecule has 0 bridgehead atoms. The van der Waals surface area contributed by atoms with E-state index in [0.717, 1.165) is 33.9 Å². The van der Waals surface area contributed by atoms with Gasteiger partial charge in [0.25, 0.3) is 0 Å². The fraction of sp³-hybridized carbons (Fsp3) is 0.333. The van der Waals surface area contributed by atoms with Gasteiger partial charge in [-0.1, -0.05) is 53.2 Å². The summed E-state index contributed by atoms with van der Waals surface area (Å²) in [6, 6.07) is 24.0. The number of hydrogen-bond acceptors (Lipinski definition) is 6. The van der Waals surface area contributed by atoms with Gasteiger partial charge in [-0.3, -0.25) is 4.79 Å². The summed E-state index contributed by atoms with van der Waals surface area (Å²) in [5.74, 6) is 2.18. The van der Waals surface area contributed by atoms with Crippen LogP contribution in [0.5, 0.6) is 11.5 Å². The lowest BCUT2D eigenvalue weighted by Gasteiger charge is -2.16. The number of nitrogens with zero attached hydrogens (tertiary/aromatic N) is 1. The van der Waals surface area contributed by atoms with Crippen LogP contribution in [-0.2, 0) is 21.0 Å². The van der Waals surface area contributed by atoms with E-state index in [1.54, 1.807) is 0 Å². The van der Waals surface area contributed by atoms with Gasteiger partial charge in [0.2, 0.25) is 0 Å². The number of esters is 1. The second-order valence-electron chi connectivity index (χ2n) is 9.10. The molecule has 3 aromatic carbocycles. The van der Waals surface area contributed by atoms with Crippen molar-refractivity contribution in [2.24, 2.45) is 11.1 Å². The van der Waals surface area contributed by atoms with Gasteiger partial charge in [0.15, 0.2) is 0 Å². The van der Waals surface area contributed by atoms with Crippen molar-refractivity contribution in [2.45, 2.75) is 38.7 Å². The molecule has 0 aliphatic heterocycles. The Kier molecular flexibility index (Phi) is 8.61. The fourth-order valence-electron chi connectivity index (χ4n) is 4.23. The van der Waals surface area contributed by atoms with Gasteiger partial charge in [0, 0.05) is 5.56 Å². The molecule has 1 unspecified atom stereocenters. The summed E-state index contributed by atoms with van der Waals surface area (Å²) in [6.45, 7) is 2.80. The fourth-order valence-corrected chi connectivity index (χ4v) is 4.23. The molecular weight excluding hydrogens is 454 g/mol. The quantitative estimate of drug-likeness (QED) is 0.176.